The van der Waals surface area contributed by atoms with E-state index < -0.39 is 17.3 Å². The second kappa shape index (κ2) is 3.59. The van der Waals surface area contributed by atoms with Gasteiger partial charge in [-0.25, -0.2) is 0 Å². The summed E-state index contributed by atoms with van der Waals surface area (Å²) >= 11 is 0. The van der Waals surface area contributed by atoms with E-state index in [0.717, 1.165) is 12.3 Å². The fraction of sp³-hybridized carbons (Fsp3) is 0.250. The van der Waals surface area contributed by atoms with Crippen molar-refractivity contribution in [3.63, 3.8) is 0 Å². The smallest absolute Gasteiger partial charge is 0.265 e. The summed E-state index contributed by atoms with van der Waals surface area (Å²) in [5.41, 5.74) is 4.78. The third-order valence-corrected chi connectivity index (χ3v) is 0.567. The summed E-state index contributed by atoms with van der Waals surface area (Å²) in [6, 6.07) is 0. The molecule has 50 valence electrons. The minimum absolute atomic E-state index is 0.595. The van der Waals surface area contributed by atoms with Crippen LogP contribution in [-0.4, -0.2) is 17.3 Å². The maximum atomic E-state index is 10.2. The summed E-state index contributed by atoms with van der Waals surface area (Å²) in [4.78, 5) is 19.1. The summed E-state index contributed by atoms with van der Waals surface area (Å²) in [5, 5.41) is 9.59. The summed E-state index contributed by atoms with van der Waals surface area (Å²) in [6.45, 7) is -0.687. The molecule has 5 nitrogen and oxygen atoms in total. The highest BCUT2D eigenvalue weighted by molar-refractivity contribution is 5.90. The van der Waals surface area contributed by atoms with Gasteiger partial charge in [0, 0.05) is 11.0 Å². The highest BCUT2D eigenvalue weighted by Crippen LogP contribution is 1.74. The minimum atomic E-state index is -0.706. The molecule has 0 heterocycles. The summed E-state index contributed by atoms with van der Waals surface area (Å²) in [6.07, 6.45) is 1.94. The van der Waals surface area contributed by atoms with Crippen LogP contribution < -0.4 is 5.73 Å². The maximum Gasteiger partial charge on any atom is 0.265 e. The Hall–Kier alpha value is -1.39. The van der Waals surface area contributed by atoms with Crippen molar-refractivity contribution < 1.29 is 9.72 Å². The van der Waals surface area contributed by atoms with E-state index in [9.17, 15) is 14.9 Å². The van der Waals surface area contributed by atoms with Gasteiger partial charge in [0.05, 0.1) is 0 Å². The largest absolute Gasteiger partial charge is 0.404 e. The molecule has 5 heteroatoms. The van der Waals surface area contributed by atoms with Gasteiger partial charge in [0.25, 0.3) is 6.54 Å². The lowest BCUT2D eigenvalue weighted by molar-refractivity contribution is -0.466. The van der Waals surface area contributed by atoms with E-state index in [1.54, 1.807) is 0 Å². The van der Waals surface area contributed by atoms with Gasteiger partial charge in [-0.15, -0.1) is 0 Å². The van der Waals surface area contributed by atoms with Gasteiger partial charge in [-0.3, -0.25) is 14.9 Å². The molecular formula is C4H6N2O3. The molecule has 0 spiro atoms. The average molecular weight is 130 g/mol. The summed E-state index contributed by atoms with van der Waals surface area (Å²) < 4.78 is 0. The van der Waals surface area contributed by atoms with E-state index in [4.69, 9.17) is 5.73 Å². The normalized spacial score (nSPS) is 9.78. The molecule has 0 aliphatic carbocycles. The van der Waals surface area contributed by atoms with Crippen molar-refractivity contribution in [3.05, 3.63) is 22.4 Å². The molecule has 0 fully saturated rings. The van der Waals surface area contributed by atoms with E-state index in [1.807, 2.05) is 0 Å². The summed E-state index contributed by atoms with van der Waals surface area (Å²) in [7, 11) is 0. The van der Waals surface area contributed by atoms with Crippen LogP contribution in [0.3, 0.4) is 0 Å². The van der Waals surface area contributed by atoms with Crippen LogP contribution in [0.5, 0.6) is 0 Å². The number of nitrogens with two attached hydrogens (primary N) is 1. The first kappa shape index (κ1) is 7.61. The number of carbonyl (C=O) groups excluding carboxylic acids is 1. The molecule has 0 saturated carbocycles. The molecule has 9 heavy (non-hydrogen) atoms. The van der Waals surface area contributed by atoms with Crippen molar-refractivity contribution in [1.82, 2.24) is 0 Å². The molecule has 0 aromatic carbocycles. The van der Waals surface area contributed by atoms with E-state index in [2.05, 4.69) is 0 Å². The molecule has 0 saturated heterocycles. The molecule has 0 unspecified atom stereocenters. The number of hydrogen-bond donors (Lipinski definition) is 1. The van der Waals surface area contributed by atoms with Crippen LogP contribution >= 0.6 is 0 Å². The minimum Gasteiger partial charge on any atom is -0.404 e. The standard InChI is InChI=1S/C4H6N2O3/c5-2-1-4(7)3-6(8)9/h1-2H,3,5H2/b2-1-. The zero-order chi connectivity index (χ0) is 7.28. The van der Waals surface area contributed by atoms with Gasteiger partial charge in [-0.05, 0) is 6.20 Å². The van der Waals surface area contributed by atoms with Crippen LogP contribution in [0.25, 0.3) is 0 Å². The molecule has 0 aliphatic heterocycles. The third-order valence-electron chi connectivity index (χ3n) is 0.567. The fourth-order valence-corrected chi connectivity index (χ4v) is 0.287. The Bertz CT molecular complexity index is 152. The monoisotopic (exact) mass is 130 g/mol. The highest BCUT2D eigenvalue weighted by Gasteiger charge is 2.02. The molecule has 0 atom stereocenters. The van der Waals surface area contributed by atoms with Crippen molar-refractivity contribution in [2.75, 3.05) is 6.54 Å². The van der Waals surface area contributed by atoms with Crippen LogP contribution in [0.15, 0.2) is 12.3 Å². The van der Waals surface area contributed by atoms with Crippen LogP contribution in [0.4, 0.5) is 0 Å². The Morgan fingerprint density at radius 1 is 1.78 bits per heavy atom. The van der Waals surface area contributed by atoms with E-state index in [1.165, 1.54) is 0 Å². The topological polar surface area (TPSA) is 86.2 Å². The molecule has 0 amide bonds. The molecule has 0 aromatic rings. The predicted molar refractivity (Wildman–Crippen MR) is 30.2 cm³/mol. The maximum absolute atomic E-state index is 10.2. The van der Waals surface area contributed by atoms with Gasteiger partial charge in [0.15, 0.2) is 0 Å². The second-order valence-corrected chi connectivity index (χ2v) is 1.32. The molecule has 0 aromatic heterocycles. The van der Waals surface area contributed by atoms with Gasteiger partial charge < -0.3 is 5.73 Å². The Balaban J connectivity index is 3.64. The fourth-order valence-electron chi connectivity index (χ4n) is 0.287. The summed E-state index contributed by atoms with van der Waals surface area (Å²) in [5.74, 6) is -0.595. The third kappa shape index (κ3) is 4.46. The van der Waals surface area contributed by atoms with Gasteiger partial charge >= 0.3 is 0 Å². The molecule has 0 rings (SSSR count). The van der Waals surface area contributed by atoms with Crippen molar-refractivity contribution in [3.8, 4) is 0 Å². The van der Waals surface area contributed by atoms with Gasteiger partial charge in [0.1, 0.15) is 0 Å². The van der Waals surface area contributed by atoms with Gasteiger partial charge in [-0.1, -0.05) is 0 Å². The van der Waals surface area contributed by atoms with Gasteiger partial charge in [0.2, 0.25) is 5.78 Å². The van der Waals surface area contributed by atoms with Crippen molar-refractivity contribution in [1.29, 1.82) is 0 Å². The van der Waals surface area contributed by atoms with Crippen molar-refractivity contribution >= 4 is 5.78 Å². The first-order chi connectivity index (χ1) is 4.16. The lowest BCUT2D eigenvalue weighted by atomic mass is 10.4. The first-order valence-electron chi connectivity index (χ1n) is 2.19. The van der Waals surface area contributed by atoms with Crippen LogP contribution in [0, 0.1) is 10.1 Å². The Labute approximate surface area is 51.3 Å². The molecule has 0 radical (unpaired) electrons. The number of carbonyl (C=O) groups is 1. The van der Waals surface area contributed by atoms with Crippen LogP contribution in [0.2, 0.25) is 0 Å². The first-order valence-corrected chi connectivity index (χ1v) is 2.19. The lowest BCUT2D eigenvalue weighted by Crippen LogP contribution is -2.10. The van der Waals surface area contributed by atoms with Gasteiger partial charge in [-0.2, -0.15) is 0 Å². The zero-order valence-corrected chi connectivity index (χ0v) is 4.61. The Morgan fingerprint density at radius 3 is 2.67 bits per heavy atom. The van der Waals surface area contributed by atoms with E-state index >= 15 is 0 Å². The number of nitro groups is 1. The second-order valence-electron chi connectivity index (χ2n) is 1.32. The quantitative estimate of drug-likeness (QED) is 0.311. The Kier molecular flexibility index (Phi) is 3.04. The average Bonchev–Trinajstić information content (AvgIpc) is 1.63. The molecule has 2 N–H and O–H groups in total. The van der Waals surface area contributed by atoms with Crippen LogP contribution in [-0.2, 0) is 4.79 Å². The molecule has 0 bridgehead atoms. The van der Waals surface area contributed by atoms with Crippen LogP contribution in [0.1, 0.15) is 0 Å². The number of nitrogens with zero attached hydrogens (tertiary/aromatic N) is 1. The number of hydrogen-bond acceptors (Lipinski definition) is 4. The SMILES string of the molecule is N/C=C\C(=O)C[N+](=O)[O-]. The van der Waals surface area contributed by atoms with Crippen molar-refractivity contribution in [2.45, 2.75) is 0 Å². The highest BCUT2D eigenvalue weighted by atomic mass is 16.6. The molecule has 0 aliphatic rings. The molecular weight excluding hydrogens is 124 g/mol. The van der Waals surface area contributed by atoms with E-state index in [-0.39, 0.29) is 0 Å². The number of rotatable bonds is 3. The van der Waals surface area contributed by atoms with Crippen molar-refractivity contribution in [2.24, 2.45) is 5.73 Å². The predicted octanol–water partition coefficient (Wildman–Crippen LogP) is -0.695. The lowest BCUT2D eigenvalue weighted by Gasteiger charge is -1.83. The number of ketones is 1. The Morgan fingerprint density at radius 2 is 2.33 bits per heavy atom. The zero-order valence-electron chi connectivity index (χ0n) is 4.61. The van der Waals surface area contributed by atoms with E-state index in [0.29, 0.717) is 0 Å².